The minimum absolute atomic E-state index is 0.0373. The van der Waals surface area contributed by atoms with Gasteiger partial charge in [0.15, 0.2) is 11.9 Å². The number of ketones is 1. The van der Waals surface area contributed by atoms with E-state index in [4.69, 9.17) is 4.74 Å². The maximum atomic E-state index is 11.8. The van der Waals surface area contributed by atoms with E-state index in [1.165, 1.54) is 13.8 Å². The molecule has 0 radical (unpaired) electrons. The molecule has 0 aromatic heterocycles. The van der Waals surface area contributed by atoms with Gasteiger partial charge in [-0.05, 0) is 44.5 Å². The van der Waals surface area contributed by atoms with Crippen LogP contribution in [0.15, 0.2) is 24.3 Å². The molecular weight excluding hydrogens is 258 g/mol. The summed E-state index contributed by atoms with van der Waals surface area (Å²) in [4.78, 5) is 34.2. The van der Waals surface area contributed by atoms with E-state index in [9.17, 15) is 14.4 Å². The van der Waals surface area contributed by atoms with E-state index in [0.717, 1.165) is 0 Å². The molecule has 1 rings (SSSR count). The van der Waals surface area contributed by atoms with Crippen molar-refractivity contribution in [2.24, 2.45) is 0 Å². The molecule has 0 saturated heterocycles. The number of carbonyl (C=O) groups is 3. The van der Waals surface area contributed by atoms with Gasteiger partial charge < -0.3 is 10.1 Å². The first-order chi connectivity index (χ1) is 9.43. The van der Waals surface area contributed by atoms with Gasteiger partial charge in [-0.3, -0.25) is 14.4 Å². The minimum atomic E-state index is -0.846. The average Bonchev–Trinajstić information content (AvgIpc) is 2.39. The van der Waals surface area contributed by atoms with Gasteiger partial charge in [0.05, 0.1) is 0 Å². The third-order valence-corrected chi connectivity index (χ3v) is 2.69. The monoisotopic (exact) mass is 277 g/mol. The second kappa shape index (κ2) is 7.43. The highest BCUT2D eigenvalue weighted by molar-refractivity contribution is 5.97. The van der Waals surface area contributed by atoms with Crippen molar-refractivity contribution in [2.45, 2.75) is 39.7 Å². The first-order valence-corrected chi connectivity index (χ1v) is 6.55. The number of esters is 1. The Morgan fingerprint density at radius 1 is 1.20 bits per heavy atom. The number of hydrogen-bond acceptors (Lipinski definition) is 4. The Labute approximate surface area is 118 Å². The fourth-order valence-electron chi connectivity index (χ4n) is 1.55. The summed E-state index contributed by atoms with van der Waals surface area (Å²) in [6, 6.07) is 6.53. The van der Waals surface area contributed by atoms with Crippen molar-refractivity contribution in [1.29, 1.82) is 0 Å². The van der Waals surface area contributed by atoms with E-state index in [-0.39, 0.29) is 11.8 Å². The zero-order valence-corrected chi connectivity index (χ0v) is 11.9. The quantitative estimate of drug-likeness (QED) is 0.640. The maximum absolute atomic E-state index is 11.8. The maximum Gasteiger partial charge on any atom is 0.306 e. The topological polar surface area (TPSA) is 72.5 Å². The lowest BCUT2D eigenvalue weighted by Gasteiger charge is -2.13. The van der Waals surface area contributed by atoms with E-state index in [1.54, 1.807) is 24.3 Å². The first kappa shape index (κ1) is 15.9. The first-order valence-electron chi connectivity index (χ1n) is 6.55. The lowest BCUT2D eigenvalue weighted by molar-refractivity contribution is -0.153. The Balaban J connectivity index is 2.57. The van der Waals surface area contributed by atoms with E-state index in [2.05, 4.69) is 5.32 Å². The zero-order chi connectivity index (χ0) is 15.1. The Bertz CT molecular complexity index is 493. The molecule has 0 spiro atoms. The van der Waals surface area contributed by atoms with E-state index in [1.807, 2.05) is 6.92 Å². The molecule has 5 heteroatoms. The summed E-state index contributed by atoms with van der Waals surface area (Å²) in [6.07, 6.45) is 0.131. The molecule has 20 heavy (non-hydrogen) atoms. The van der Waals surface area contributed by atoms with Crippen molar-refractivity contribution in [3.63, 3.8) is 0 Å². The fourth-order valence-corrected chi connectivity index (χ4v) is 1.55. The van der Waals surface area contributed by atoms with Gasteiger partial charge in [0.1, 0.15) is 0 Å². The average molecular weight is 277 g/mol. The van der Waals surface area contributed by atoms with Gasteiger partial charge in [-0.2, -0.15) is 0 Å². The number of amides is 1. The van der Waals surface area contributed by atoms with Crippen LogP contribution in [0.1, 0.15) is 44.0 Å². The highest BCUT2D eigenvalue weighted by Crippen LogP contribution is 2.11. The summed E-state index contributed by atoms with van der Waals surface area (Å²) in [5.74, 6) is -0.822. The molecule has 1 amide bonds. The van der Waals surface area contributed by atoms with Crippen LogP contribution in [0.3, 0.4) is 0 Å². The van der Waals surface area contributed by atoms with Crippen molar-refractivity contribution < 1.29 is 19.1 Å². The van der Waals surface area contributed by atoms with E-state index >= 15 is 0 Å². The summed E-state index contributed by atoms with van der Waals surface area (Å²) < 4.78 is 4.98. The van der Waals surface area contributed by atoms with Crippen LogP contribution < -0.4 is 5.32 Å². The van der Waals surface area contributed by atoms with Crippen LogP contribution in [0.4, 0.5) is 5.69 Å². The number of benzene rings is 1. The normalized spacial score (nSPS) is 11.6. The van der Waals surface area contributed by atoms with Crippen molar-refractivity contribution in [2.75, 3.05) is 5.32 Å². The van der Waals surface area contributed by atoms with Gasteiger partial charge in [-0.15, -0.1) is 0 Å². The summed E-state index contributed by atoms with van der Waals surface area (Å²) in [5, 5.41) is 2.63. The summed E-state index contributed by atoms with van der Waals surface area (Å²) >= 11 is 0. The van der Waals surface area contributed by atoms with Crippen molar-refractivity contribution in [3.05, 3.63) is 29.8 Å². The Hall–Kier alpha value is -2.17. The SMILES string of the molecule is CCCC(=O)O[C@H](C)C(=O)Nc1ccc(C(C)=O)cc1. The molecule has 0 bridgehead atoms. The standard InChI is InChI=1S/C15H19NO4/c1-4-5-14(18)20-11(3)15(19)16-13-8-6-12(7-9-13)10(2)17/h6-9,11H,4-5H2,1-3H3,(H,16,19)/t11-/m1/s1. The molecule has 0 aliphatic rings. The molecule has 1 aromatic rings. The lowest BCUT2D eigenvalue weighted by Crippen LogP contribution is -2.29. The van der Waals surface area contributed by atoms with Crippen LogP contribution >= 0.6 is 0 Å². The highest BCUT2D eigenvalue weighted by atomic mass is 16.5. The number of ether oxygens (including phenoxy) is 1. The van der Waals surface area contributed by atoms with Crippen LogP contribution in [-0.2, 0) is 14.3 Å². The van der Waals surface area contributed by atoms with Gasteiger partial charge in [-0.1, -0.05) is 6.92 Å². The largest absolute Gasteiger partial charge is 0.453 e. The van der Waals surface area contributed by atoms with Crippen LogP contribution in [-0.4, -0.2) is 23.8 Å². The lowest BCUT2D eigenvalue weighted by atomic mass is 10.1. The van der Waals surface area contributed by atoms with E-state index < -0.39 is 12.0 Å². The Morgan fingerprint density at radius 2 is 1.80 bits per heavy atom. The number of carbonyl (C=O) groups excluding carboxylic acids is 3. The highest BCUT2D eigenvalue weighted by Gasteiger charge is 2.17. The summed E-state index contributed by atoms with van der Waals surface area (Å²) in [7, 11) is 0. The Kier molecular flexibility index (Phi) is 5.90. The molecule has 0 unspecified atom stereocenters. The molecule has 0 aliphatic carbocycles. The summed E-state index contributed by atoms with van der Waals surface area (Å²) in [5.41, 5.74) is 1.13. The third kappa shape index (κ3) is 4.84. The predicted molar refractivity (Wildman–Crippen MR) is 75.5 cm³/mol. The fraction of sp³-hybridized carbons (Fsp3) is 0.400. The molecule has 1 aromatic carbocycles. The van der Waals surface area contributed by atoms with E-state index in [0.29, 0.717) is 24.1 Å². The molecule has 0 saturated carbocycles. The van der Waals surface area contributed by atoms with Crippen LogP contribution in [0.5, 0.6) is 0 Å². The molecule has 0 heterocycles. The van der Waals surface area contributed by atoms with Crippen molar-refractivity contribution in [1.82, 2.24) is 0 Å². The predicted octanol–water partition coefficient (Wildman–Crippen LogP) is 2.56. The molecule has 1 N–H and O–H groups in total. The van der Waals surface area contributed by atoms with Gasteiger partial charge in [0, 0.05) is 17.7 Å². The molecule has 1 atom stereocenters. The van der Waals surface area contributed by atoms with Crippen LogP contribution in [0.2, 0.25) is 0 Å². The molecular formula is C15H19NO4. The molecule has 5 nitrogen and oxygen atoms in total. The zero-order valence-electron chi connectivity index (χ0n) is 11.9. The number of Topliss-reactive ketones (excluding diaryl/α,β-unsaturated/α-hetero) is 1. The van der Waals surface area contributed by atoms with Gasteiger partial charge in [0.2, 0.25) is 0 Å². The second-order valence-electron chi connectivity index (χ2n) is 4.50. The van der Waals surface area contributed by atoms with Crippen molar-refractivity contribution in [3.8, 4) is 0 Å². The summed E-state index contributed by atoms with van der Waals surface area (Å²) in [6.45, 7) is 4.86. The smallest absolute Gasteiger partial charge is 0.306 e. The van der Waals surface area contributed by atoms with Crippen LogP contribution in [0, 0.1) is 0 Å². The Morgan fingerprint density at radius 3 is 2.30 bits per heavy atom. The number of anilines is 1. The third-order valence-electron chi connectivity index (χ3n) is 2.69. The van der Waals surface area contributed by atoms with Gasteiger partial charge >= 0.3 is 5.97 Å². The molecule has 108 valence electrons. The van der Waals surface area contributed by atoms with Crippen LogP contribution in [0.25, 0.3) is 0 Å². The molecule has 0 aliphatic heterocycles. The van der Waals surface area contributed by atoms with Gasteiger partial charge in [-0.25, -0.2) is 0 Å². The van der Waals surface area contributed by atoms with Gasteiger partial charge in [0.25, 0.3) is 5.91 Å². The molecule has 0 fully saturated rings. The number of nitrogens with one attached hydrogen (secondary N) is 1. The number of rotatable bonds is 6. The number of hydrogen-bond donors (Lipinski definition) is 1. The minimum Gasteiger partial charge on any atom is -0.453 e. The second-order valence-corrected chi connectivity index (χ2v) is 4.50. The van der Waals surface area contributed by atoms with Crippen molar-refractivity contribution >= 4 is 23.3 Å².